The highest BCUT2D eigenvalue weighted by molar-refractivity contribution is 8.11. The first-order chi connectivity index (χ1) is 12.4. The fourth-order valence-electron chi connectivity index (χ4n) is 2.20. The van der Waals surface area contributed by atoms with Crippen molar-refractivity contribution in [2.24, 2.45) is 4.36 Å². The van der Waals surface area contributed by atoms with Crippen molar-refractivity contribution in [1.82, 2.24) is 9.62 Å². The minimum Gasteiger partial charge on any atom is -0.497 e. The molecule has 144 valence electrons. The predicted molar refractivity (Wildman–Crippen MR) is 101 cm³/mol. The topological polar surface area (TPSA) is 105 Å². The van der Waals surface area contributed by atoms with Gasteiger partial charge in [-0.05, 0) is 37.6 Å². The minimum absolute atomic E-state index is 0.0570. The van der Waals surface area contributed by atoms with Gasteiger partial charge in [0, 0.05) is 18.5 Å². The number of hydrogen-bond donors (Lipinski definition) is 1. The number of nitrogens with one attached hydrogen (secondary N) is 1. The van der Waals surface area contributed by atoms with Gasteiger partial charge in [0.1, 0.15) is 5.75 Å². The molecule has 1 N–H and O–H groups in total. The molecule has 0 heterocycles. The normalized spacial score (nSPS) is 11.5. The minimum atomic E-state index is -2.51. The summed E-state index contributed by atoms with van der Waals surface area (Å²) in [6.45, 7) is 1.90. The molecule has 0 aliphatic heterocycles. The molecule has 2 amide bonds. The molecule has 0 saturated carbocycles. The highest BCUT2D eigenvalue weighted by Crippen LogP contribution is 2.15. The smallest absolute Gasteiger partial charge is 0.311 e. The molecule has 0 aliphatic carbocycles. The van der Waals surface area contributed by atoms with E-state index < -0.39 is 21.8 Å². The Morgan fingerprint density at radius 2 is 1.96 bits per heavy atom. The van der Waals surface area contributed by atoms with Crippen LogP contribution in [-0.4, -0.2) is 51.2 Å². The molecule has 0 fully saturated rings. The van der Waals surface area contributed by atoms with Crippen LogP contribution in [0.4, 0.5) is 4.79 Å². The van der Waals surface area contributed by atoms with Crippen LogP contribution in [0.3, 0.4) is 0 Å². The van der Waals surface area contributed by atoms with Crippen LogP contribution in [0.5, 0.6) is 5.75 Å². The lowest BCUT2D eigenvalue weighted by Crippen LogP contribution is -2.38. The molecule has 0 aromatic heterocycles. The molecule has 1 unspecified atom stereocenters. The number of amides is 2. The summed E-state index contributed by atoms with van der Waals surface area (Å²) in [6.07, 6.45) is 0.845. The third-order valence-corrected chi connectivity index (χ3v) is 4.69. The van der Waals surface area contributed by atoms with Gasteiger partial charge in [0.2, 0.25) is 5.91 Å². The molecule has 8 nitrogen and oxygen atoms in total. The number of methoxy groups -OCH3 is 1. The summed E-state index contributed by atoms with van der Waals surface area (Å²) in [4.78, 5) is 25.9. The number of carbonyl (C=O) groups excluding carboxylic acids is 2. The standard InChI is InChI=1S/C16H23N3O5S2/c1-4-13(18-26(22)23)9-10-19(16(21)25-17-2)15(20)11-12-5-7-14(24-3)8-6-12/h5-8,13,17H,4,9-11H2,1-3H3. The van der Waals surface area contributed by atoms with Gasteiger partial charge < -0.3 is 4.74 Å². The van der Waals surface area contributed by atoms with Crippen LogP contribution in [0.25, 0.3) is 0 Å². The predicted octanol–water partition coefficient (Wildman–Crippen LogP) is 2.29. The summed E-state index contributed by atoms with van der Waals surface area (Å²) >= 11 is 0.801. The van der Waals surface area contributed by atoms with Gasteiger partial charge in [0.25, 0.3) is 0 Å². The largest absolute Gasteiger partial charge is 0.497 e. The molecule has 1 aromatic carbocycles. The number of imide groups is 1. The lowest BCUT2D eigenvalue weighted by molar-refractivity contribution is -0.127. The molecule has 10 heteroatoms. The van der Waals surface area contributed by atoms with Crippen LogP contribution in [0.1, 0.15) is 25.3 Å². The molecule has 1 aromatic rings. The monoisotopic (exact) mass is 401 g/mol. The van der Waals surface area contributed by atoms with Crippen LogP contribution in [-0.2, 0) is 21.7 Å². The van der Waals surface area contributed by atoms with Crippen molar-refractivity contribution in [2.45, 2.75) is 32.2 Å². The number of nitrogens with zero attached hydrogens (tertiary/aromatic N) is 2. The molecule has 1 rings (SSSR count). The highest BCUT2D eigenvalue weighted by atomic mass is 32.2. The van der Waals surface area contributed by atoms with Crippen LogP contribution in [0.2, 0.25) is 0 Å². The molecule has 0 bridgehead atoms. The second-order valence-corrected chi connectivity index (χ2v) is 6.92. The Balaban J connectivity index is 2.84. The highest BCUT2D eigenvalue weighted by Gasteiger charge is 2.23. The lowest BCUT2D eigenvalue weighted by Gasteiger charge is -2.21. The average Bonchev–Trinajstić information content (AvgIpc) is 2.61. The van der Waals surface area contributed by atoms with E-state index in [2.05, 4.69) is 9.08 Å². The molecule has 0 aliphatic rings. The number of carbonyl (C=O) groups is 2. The van der Waals surface area contributed by atoms with Crippen LogP contribution < -0.4 is 9.46 Å². The molecule has 0 saturated heterocycles. The summed E-state index contributed by atoms with van der Waals surface area (Å²) in [5.74, 6) is 0.318. The first kappa shape index (κ1) is 22.1. The quantitative estimate of drug-likeness (QED) is 0.633. The van der Waals surface area contributed by atoms with Gasteiger partial charge in [-0.2, -0.15) is 12.8 Å². The van der Waals surface area contributed by atoms with Crippen molar-refractivity contribution in [3.8, 4) is 5.75 Å². The average molecular weight is 402 g/mol. The third kappa shape index (κ3) is 7.54. The summed E-state index contributed by atoms with van der Waals surface area (Å²) in [7, 11) is 0.625. The van der Waals surface area contributed by atoms with E-state index in [1.54, 1.807) is 45.3 Å². The first-order valence-corrected chi connectivity index (χ1v) is 9.87. The fraction of sp³-hybridized carbons (Fsp3) is 0.500. The van der Waals surface area contributed by atoms with Gasteiger partial charge in [-0.3, -0.25) is 19.2 Å². The van der Waals surface area contributed by atoms with E-state index in [0.29, 0.717) is 12.2 Å². The van der Waals surface area contributed by atoms with Crippen molar-refractivity contribution in [3.05, 3.63) is 29.8 Å². The Morgan fingerprint density at radius 3 is 2.46 bits per heavy atom. The maximum atomic E-state index is 12.6. The van der Waals surface area contributed by atoms with Gasteiger partial charge in [0.15, 0.2) is 0 Å². The first-order valence-electron chi connectivity index (χ1n) is 8.02. The van der Waals surface area contributed by atoms with E-state index in [1.807, 2.05) is 0 Å². The van der Waals surface area contributed by atoms with Crippen LogP contribution >= 0.6 is 11.9 Å². The maximum Gasteiger partial charge on any atom is 0.311 e. The summed E-state index contributed by atoms with van der Waals surface area (Å²) in [5, 5.41) is -0.441. The molecular formula is C16H23N3O5S2. The van der Waals surface area contributed by atoms with Crippen molar-refractivity contribution >= 4 is 33.6 Å². The van der Waals surface area contributed by atoms with E-state index in [4.69, 9.17) is 4.74 Å². The number of rotatable bonds is 9. The summed E-state index contributed by atoms with van der Waals surface area (Å²) in [6, 6.07) is 6.54. The van der Waals surface area contributed by atoms with Gasteiger partial charge in [0.05, 0.1) is 19.6 Å². The second-order valence-electron chi connectivity index (χ2n) is 5.32. The molecule has 0 radical (unpaired) electrons. The van der Waals surface area contributed by atoms with E-state index in [9.17, 15) is 18.0 Å². The van der Waals surface area contributed by atoms with Crippen molar-refractivity contribution in [1.29, 1.82) is 0 Å². The van der Waals surface area contributed by atoms with Gasteiger partial charge in [-0.25, -0.2) is 0 Å². The molecule has 26 heavy (non-hydrogen) atoms. The Hall–Kier alpha value is -1.91. The zero-order valence-corrected chi connectivity index (χ0v) is 16.6. The Morgan fingerprint density at radius 1 is 1.31 bits per heavy atom. The summed E-state index contributed by atoms with van der Waals surface area (Å²) in [5.41, 5.74) is 0.750. The Labute approximate surface area is 159 Å². The SMILES string of the molecule is CCC(CCN(C(=O)Cc1ccc(OC)cc1)C(=O)SNC)N=S(=O)=O. The number of benzene rings is 1. The zero-order valence-electron chi connectivity index (χ0n) is 15.0. The van der Waals surface area contributed by atoms with Crippen molar-refractivity contribution in [3.63, 3.8) is 0 Å². The Bertz CT molecular complexity index is 727. The number of ether oxygens (including phenoxy) is 1. The summed E-state index contributed by atoms with van der Waals surface area (Å²) < 4.78 is 32.8. The third-order valence-electron chi connectivity index (χ3n) is 3.62. The zero-order chi connectivity index (χ0) is 19.5. The van der Waals surface area contributed by atoms with E-state index >= 15 is 0 Å². The molecule has 0 spiro atoms. The van der Waals surface area contributed by atoms with Crippen molar-refractivity contribution < 1.29 is 22.7 Å². The second kappa shape index (κ2) is 11.7. The number of hydrogen-bond acceptors (Lipinski definition) is 8. The van der Waals surface area contributed by atoms with E-state index in [1.165, 1.54) is 0 Å². The van der Waals surface area contributed by atoms with Gasteiger partial charge in [-0.15, -0.1) is 0 Å². The fourth-order valence-corrected chi connectivity index (χ4v) is 3.18. The van der Waals surface area contributed by atoms with E-state index in [0.717, 1.165) is 22.4 Å². The van der Waals surface area contributed by atoms with Crippen LogP contribution in [0.15, 0.2) is 28.6 Å². The lowest BCUT2D eigenvalue weighted by atomic mass is 10.1. The van der Waals surface area contributed by atoms with Crippen molar-refractivity contribution in [2.75, 3.05) is 20.7 Å². The molecular weight excluding hydrogens is 378 g/mol. The Kier molecular flexibility index (Phi) is 9.92. The van der Waals surface area contributed by atoms with Crippen LogP contribution in [0, 0.1) is 0 Å². The van der Waals surface area contributed by atoms with Gasteiger partial charge in [-0.1, -0.05) is 19.1 Å². The molecule has 1 atom stereocenters. The van der Waals surface area contributed by atoms with Gasteiger partial charge >= 0.3 is 15.7 Å². The van der Waals surface area contributed by atoms with E-state index in [-0.39, 0.29) is 25.3 Å². The maximum absolute atomic E-state index is 12.6.